The minimum absolute atomic E-state index is 0.741. The minimum atomic E-state index is 0.741. The van der Waals surface area contributed by atoms with Crippen LogP contribution < -0.4 is 10.5 Å². The second-order valence-corrected chi connectivity index (χ2v) is 5.91. The van der Waals surface area contributed by atoms with E-state index in [9.17, 15) is 0 Å². The van der Waals surface area contributed by atoms with Crippen molar-refractivity contribution in [1.29, 1.82) is 0 Å². The molecular weight excluding hydrogens is 302 g/mol. The summed E-state index contributed by atoms with van der Waals surface area (Å²) in [5, 5.41) is 8.71. The Morgan fingerprint density at radius 2 is 1.79 bits per heavy atom. The number of fused-ring (bicyclic) bond motifs is 3. The molecule has 0 bridgehead atoms. The molecule has 24 heavy (non-hydrogen) atoms. The van der Waals surface area contributed by atoms with Crippen LogP contribution in [0.1, 0.15) is 11.4 Å². The molecule has 0 radical (unpaired) electrons. The number of methoxy groups -OCH3 is 1. The lowest BCUT2D eigenvalue weighted by Gasteiger charge is -2.03. The SMILES string of the molecule is COc1ccc(CCc2nnc3n(C)c4ccc(N)cc4n23)cc1. The second kappa shape index (κ2) is 5.56. The molecule has 0 aliphatic rings. The first-order valence-corrected chi connectivity index (χ1v) is 7.88. The van der Waals surface area contributed by atoms with Gasteiger partial charge in [0.2, 0.25) is 5.78 Å². The van der Waals surface area contributed by atoms with Crippen LogP contribution in [0.15, 0.2) is 42.5 Å². The van der Waals surface area contributed by atoms with Crippen LogP contribution in [0.25, 0.3) is 16.8 Å². The third-order valence-corrected chi connectivity index (χ3v) is 4.41. The summed E-state index contributed by atoms with van der Waals surface area (Å²) in [6, 6.07) is 14.0. The van der Waals surface area contributed by atoms with Gasteiger partial charge in [0.05, 0.1) is 18.1 Å². The van der Waals surface area contributed by atoms with Gasteiger partial charge in [0.15, 0.2) is 0 Å². The lowest BCUT2D eigenvalue weighted by Crippen LogP contribution is -1.98. The number of nitrogen functional groups attached to an aromatic ring is 1. The molecule has 0 saturated carbocycles. The largest absolute Gasteiger partial charge is 0.497 e. The van der Waals surface area contributed by atoms with Gasteiger partial charge in [-0.3, -0.25) is 4.40 Å². The first-order valence-electron chi connectivity index (χ1n) is 7.88. The number of hydrogen-bond donors (Lipinski definition) is 1. The number of aromatic nitrogens is 4. The van der Waals surface area contributed by atoms with Crippen molar-refractivity contribution in [1.82, 2.24) is 19.2 Å². The third-order valence-electron chi connectivity index (χ3n) is 4.41. The number of imidazole rings is 1. The molecule has 0 saturated heterocycles. The average molecular weight is 321 g/mol. The highest BCUT2D eigenvalue weighted by Crippen LogP contribution is 2.23. The van der Waals surface area contributed by atoms with E-state index >= 15 is 0 Å². The number of ether oxygens (including phenoxy) is 1. The van der Waals surface area contributed by atoms with Crippen LogP contribution in [0.5, 0.6) is 5.75 Å². The number of nitrogens with zero attached hydrogens (tertiary/aromatic N) is 4. The molecular formula is C18H19N5O. The molecule has 0 amide bonds. The van der Waals surface area contributed by atoms with Gasteiger partial charge >= 0.3 is 0 Å². The number of hydrogen-bond acceptors (Lipinski definition) is 4. The lowest BCUT2D eigenvalue weighted by molar-refractivity contribution is 0.414. The first-order chi connectivity index (χ1) is 11.7. The topological polar surface area (TPSA) is 70.4 Å². The highest BCUT2D eigenvalue weighted by molar-refractivity contribution is 5.83. The molecule has 0 aliphatic heterocycles. The number of benzene rings is 2. The molecule has 6 nitrogen and oxygen atoms in total. The summed E-state index contributed by atoms with van der Waals surface area (Å²) in [4.78, 5) is 0. The Bertz CT molecular complexity index is 1010. The minimum Gasteiger partial charge on any atom is -0.497 e. The van der Waals surface area contributed by atoms with E-state index in [4.69, 9.17) is 10.5 Å². The van der Waals surface area contributed by atoms with E-state index in [0.717, 1.165) is 46.9 Å². The normalized spacial score (nSPS) is 11.4. The molecule has 0 unspecified atom stereocenters. The van der Waals surface area contributed by atoms with Crippen LogP contribution >= 0.6 is 0 Å². The highest BCUT2D eigenvalue weighted by Gasteiger charge is 2.14. The van der Waals surface area contributed by atoms with Crippen LogP contribution in [0.3, 0.4) is 0 Å². The molecule has 0 aliphatic carbocycles. The summed E-state index contributed by atoms with van der Waals surface area (Å²) in [6.45, 7) is 0. The second-order valence-electron chi connectivity index (χ2n) is 5.91. The number of aryl methyl sites for hydroxylation is 3. The lowest BCUT2D eigenvalue weighted by atomic mass is 10.1. The highest BCUT2D eigenvalue weighted by atomic mass is 16.5. The Morgan fingerprint density at radius 3 is 2.54 bits per heavy atom. The number of anilines is 1. The van der Waals surface area contributed by atoms with Gasteiger partial charge in [-0.2, -0.15) is 0 Å². The van der Waals surface area contributed by atoms with Gasteiger partial charge in [-0.1, -0.05) is 12.1 Å². The quantitative estimate of drug-likeness (QED) is 0.587. The van der Waals surface area contributed by atoms with Gasteiger partial charge in [0.25, 0.3) is 0 Å². The van der Waals surface area contributed by atoms with E-state index in [1.54, 1.807) is 7.11 Å². The van der Waals surface area contributed by atoms with Crippen LogP contribution in [0.2, 0.25) is 0 Å². The van der Waals surface area contributed by atoms with Crippen LogP contribution in [-0.4, -0.2) is 26.3 Å². The van der Waals surface area contributed by atoms with E-state index in [-0.39, 0.29) is 0 Å². The summed E-state index contributed by atoms with van der Waals surface area (Å²) in [5.74, 6) is 2.64. The molecule has 6 heteroatoms. The Balaban J connectivity index is 1.70. The molecule has 2 N–H and O–H groups in total. The van der Waals surface area contributed by atoms with Crippen molar-refractivity contribution in [2.75, 3.05) is 12.8 Å². The first kappa shape index (κ1) is 14.6. The molecule has 122 valence electrons. The maximum absolute atomic E-state index is 5.96. The van der Waals surface area contributed by atoms with Gasteiger partial charge in [-0.15, -0.1) is 10.2 Å². The summed E-state index contributed by atoms with van der Waals surface area (Å²) < 4.78 is 9.33. The van der Waals surface area contributed by atoms with Crippen molar-refractivity contribution in [2.45, 2.75) is 12.8 Å². The monoisotopic (exact) mass is 321 g/mol. The van der Waals surface area contributed by atoms with E-state index in [1.807, 2.05) is 41.9 Å². The van der Waals surface area contributed by atoms with Gasteiger partial charge in [0.1, 0.15) is 11.6 Å². The zero-order chi connectivity index (χ0) is 16.7. The molecule has 2 heterocycles. The summed E-state index contributed by atoms with van der Waals surface area (Å²) in [7, 11) is 3.67. The van der Waals surface area contributed by atoms with E-state index in [1.165, 1.54) is 5.56 Å². The van der Waals surface area contributed by atoms with E-state index in [0.29, 0.717) is 0 Å². The predicted molar refractivity (Wildman–Crippen MR) is 94.3 cm³/mol. The van der Waals surface area contributed by atoms with Crippen molar-refractivity contribution in [2.24, 2.45) is 7.05 Å². The van der Waals surface area contributed by atoms with Crippen molar-refractivity contribution in [3.8, 4) is 5.75 Å². The summed E-state index contributed by atoms with van der Waals surface area (Å²) in [5.41, 5.74) is 10.1. The zero-order valence-electron chi connectivity index (χ0n) is 13.7. The fourth-order valence-corrected chi connectivity index (χ4v) is 3.09. The van der Waals surface area contributed by atoms with E-state index < -0.39 is 0 Å². The van der Waals surface area contributed by atoms with Crippen LogP contribution in [-0.2, 0) is 19.9 Å². The number of nitrogens with two attached hydrogens (primary N) is 1. The molecule has 0 spiro atoms. The van der Waals surface area contributed by atoms with Gasteiger partial charge in [-0.25, -0.2) is 0 Å². The number of rotatable bonds is 4. The van der Waals surface area contributed by atoms with E-state index in [2.05, 4.69) is 26.7 Å². The summed E-state index contributed by atoms with van der Waals surface area (Å²) >= 11 is 0. The van der Waals surface area contributed by atoms with Crippen LogP contribution in [0.4, 0.5) is 5.69 Å². The smallest absolute Gasteiger partial charge is 0.236 e. The fourth-order valence-electron chi connectivity index (χ4n) is 3.09. The molecule has 0 atom stereocenters. The Labute approximate surface area is 139 Å². The van der Waals surface area contributed by atoms with Crippen molar-refractivity contribution in [3.63, 3.8) is 0 Å². The fraction of sp³-hybridized carbons (Fsp3) is 0.222. The molecule has 0 fully saturated rings. The van der Waals surface area contributed by atoms with Crippen LogP contribution in [0, 0.1) is 0 Å². The average Bonchev–Trinajstić information content (AvgIpc) is 3.14. The summed E-state index contributed by atoms with van der Waals surface area (Å²) in [6.07, 6.45) is 1.70. The standard InChI is InChI=1S/C18H19N5O/c1-22-15-9-6-13(19)11-16(15)23-17(20-21-18(22)23)10-5-12-3-7-14(24-2)8-4-12/h3-4,6-9,11H,5,10,19H2,1-2H3. The van der Waals surface area contributed by atoms with Gasteiger partial charge in [0, 0.05) is 19.2 Å². The molecule has 2 aromatic heterocycles. The Kier molecular flexibility index (Phi) is 3.37. The predicted octanol–water partition coefficient (Wildman–Crippen LogP) is 2.60. The van der Waals surface area contributed by atoms with Crippen molar-refractivity contribution >= 4 is 22.5 Å². The maximum Gasteiger partial charge on any atom is 0.236 e. The maximum atomic E-state index is 5.96. The molecule has 4 aromatic rings. The van der Waals surface area contributed by atoms with Crippen molar-refractivity contribution < 1.29 is 4.74 Å². The van der Waals surface area contributed by atoms with Gasteiger partial charge < -0.3 is 15.0 Å². The van der Waals surface area contributed by atoms with Crippen molar-refractivity contribution in [3.05, 3.63) is 53.9 Å². The Morgan fingerprint density at radius 1 is 1.00 bits per heavy atom. The Hall–Kier alpha value is -3.02. The zero-order valence-corrected chi connectivity index (χ0v) is 13.7. The molecule has 2 aromatic carbocycles. The molecule has 4 rings (SSSR count). The van der Waals surface area contributed by atoms with Gasteiger partial charge in [-0.05, 0) is 42.3 Å². The third kappa shape index (κ3) is 2.27.